The lowest BCUT2D eigenvalue weighted by atomic mass is 10.1. The summed E-state index contributed by atoms with van der Waals surface area (Å²) in [6, 6.07) is 14.3. The first-order chi connectivity index (χ1) is 8.56. The van der Waals surface area contributed by atoms with Crippen LogP contribution in [0.5, 0.6) is 0 Å². The van der Waals surface area contributed by atoms with Gasteiger partial charge in [-0.3, -0.25) is 5.41 Å². The molecule has 0 aromatic heterocycles. The normalized spacial score (nSPS) is 10.3. The maximum atomic E-state index is 7.62. The van der Waals surface area contributed by atoms with Gasteiger partial charge in [0.15, 0.2) is 0 Å². The highest BCUT2D eigenvalue weighted by molar-refractivity contribution is 7.99. The number of rotatable bonds is 3. The van der Waals surface area contributed by atoms with Crippen molar-refractivity contribution in [2.45, 2.75) is 23.6 Å². The van der Waals surface area contributed by atoms with Gasteiger partial charge in [-0.05, 0) is 43.7 Å². The number of nitrogens with one attached hydrogen (secondary N) is 1. The van der Waals surface area contributed by atoms with Crippen molar-refractivity contribution in [3.05, 3.63) is 59.2 Å². The van der Waals surface area contributed by atoms with E-state index in [0.717, 1.165) is 10.5 Å². The monoisotopic (exact) mass is 256 g/mol. The first-order valence-corrected chi connectivity index (χ1v) is 6.57. The van der Waals surface area contributed by atoms with Crippen molar-refractivity contribution in [3.8, 4) is 0 Å². The third kappa shape index (κ3) is 2.93. The average Bonchev–Trinajstić information content (AvgIpc) is 2.28. The molecule has 92 valence electrons. The van der Waals surface area contributed by atoms with Crippen LogP contribution in [0.3, 0.4) is 0 Å². The predicted molar refractivity (Wildman–Crippen MR) is 77.5 cm³/mol. The summed E-state index contributed by atoms with van der Waals surface area (Å²) in [5.74, 6) is 0.116. The largest absolute Gasteiger partial charge is 0.384 e. The Hall–Kier alpha value is -1.74. The average molecular weight is 256 g/mol. The molecule has 0 atom stereocenters. The summed E-state index contributed by atoms with van der Waals surface area (Å²) in [4.78, 5) is 2.20. The van der Waals surface area contributed by atoms with E-state index in [4.69, 9.17) is 11.1 Å². The third-order valence-electron chi connectivity index (χ3n) is 2.64. The van der Waals surface area contributed by atoms with Crippen LogP contribution in [-0.2, 0) is 0 Å². The van der Waals surface area contributed by atoms with Crippen LogP contribution >= 0.6 is 11.8 Å². The first kappa shape index (κ1) is 12.7. The molecule has 0 spiro atoms. The molecule has 0 radical (unpaired) electrons. The Labute approximate surface area is 112 Å². The molecule has 18 heavy (non-hydrogen) atoms. The molecule has 2 nitrogen and oxygen atoms in total. The quantitative estimate of drug-likeness (QED) is 0.649. The van der Waals surface area contributed by atoms with Crippen LogP contribution in [0.4, 0.5) is 0 Å². The summed E-state index contributed by atoms with van der Waals surface area (Å²) >= 11 is 1.65. The smallest absolute Gasteiger partial charge is 0.123 e. The van der Waals surface area contributed by atoms with E-state index in [0.29, 0.717) is 0 Å². The fourth-order valence-corrected chi connectivity index (χ4v) is 2.92. The second kappa shape index (κ2) is 5.27. The molecule has 0 bridgehead atoms. The number of hydrogen-bond donors (Lipinski definition) is 2. The zero-order chi connectivity index (χ0) is 13.1. The van der Waals surface area contributed by atoms with E-state index in [-0.39, 0.29) is 5.84 Å². The van der Waals surface area contributed by atoms with Crippen molar-refractivity contribution in [2.75, 3.05) is 0 Å². The van der Waals surface area contributed by atoms with E-state index in [1.807, 2.05) is 25.1 Å². The zero-order valence-corrected chi connectivity index (χ0v) is 11.3. The molecule has 2 aromatic rings. The summed E-state index contributed by atoms with van der Waals surface area (Å²) in [5.41, 5.74) is 8.83. The predicted octanol–water partition coefficient (Wildman–Crippen LogP) is 3.74. The fraction of sp³-hybridized carbons (Fsp3) is 0.133. The summed E-state index contributed by atoms with van der Waals surface area (Å²) in [6.07, 6.45) is 0. The highest BCUT2D eigenvalue weighted by Crippen LogP contribution is 2.31. The molecule has 0 saturated carbocycles. The first-order valence-electron chi connectivity index (χ1n) is 5.76. The van der Waals surface area contributed by atoms with Gasteiger partial charge in [-0.2, -0.15) is 0 Å². The van der Waals surface area contributed by atoms with Gasteiger partial charge in [0, 0.05) is 15.4 Å². The Morgan fingerprint density at radius 2 is 1.78 bits per heavy atom. The van der Waals surface area contributed by atoms with Crippen LogP contribution in [0.1, 0.15) is 16.7 Å². The summed E-state index contributed by atoms with van der Waals surface area (Å²) in [5, 5.41) is 7.62. The summed E-state index contributed by atoms with van der Waals surface area (Å²) in [7, 11) is 0. The minimum absolute atomic E-state index is 0.116. The van der Waals surface area contributed by atoms with Crippen LogP contribution < -0.4 is 5.73 Å². The van der Waals surface area contributed by atoms with Crippen LogP contribution in [-0.4, -0.2) is 5.84 Å². The molecule has 0 aliphatic rings. The van der Waals surface area contributed by atoms with E-state index in [1.165, 1.54) is 16.0 Å². The Morgan fingerprint density at radius 1 is 1.06 bits per heavy atom. The number of aryl methyl sites for hydroxylation is 2. The van der Waals surface area contributed by atoms with E-state index in [2.05, 4.69) is 31.2 Å². The van der Waals surface area contributed by atoms with E-state index in [1.54, 1.807) is 11.8 Å². The van der Waals surface area contributed by atoms with Crippen molar-refractivity contribution in [1.82, 2.24) is 0 Å². The lowest BCUT2D eigenvalue weighted by Crippen LogP contribution is -2.12. The molecule has 0 unspecified atom stereocenters. The van der Waals surface area contributed by atoms with Crippen LogP contribution in [0, 0.1) is 19.3 Å². The molecule has 2 rings (SSSR count). The second-order valence-corrected chi connectivity index (χ2v) is 5.45. The lowest BCUT2D eigenvalue weighted by Gasteiger charge is -2.09. The molecule has 3 heteroatoms. The van der Waals surface area contributed by atoms with E-state index in [9.17, 15) is 0 Å². The number of hydrogen-bond acceptors (Lipinski definition) is 2. The standard InChI is InChI=1S/C15H16N2S/c1-10-4-3-5-12(8-10)18-14-9-11(2)6-7-13(14)15(16)17/h3-9H,1-2H3,(H3,16,17). The number of nitrogens with two attached hydrogens (primary N) is 1. The van der Waals surface area contributed by atoms with E-state index < -0.39 is 0 Å². The van der Waals surface area contributed by atoms with Gasteiger partial charge < -0.3 is 5.73 Å². The Kier molecular flexibility index (Phi) is 3.72. The van der Waals surface area contributed by atoms with Crippen LogP contribution in [0.2, 0.25) is 0 Å². The number of benzene rings is 2. The molecule has 0 aliphatic carbocycles. The minimum Gasteiger partial charge on any atom is -0.384 e. The number of amidine groups is 1. The molecular formula is C15H16N2S. The van der Waals surface area contributed by atoms with Gasteiger partial charge >= 0.3 is 0 Å². The van der Waals surface area contributed by atoms with Gasteiger partial charge in [0.25, 0.3) is 0 Å². The van der Waals surface area contributed by atoms with Gasteiger partial charge in [-0.1, -0.05) is 35.5 Å². The van der Waals surface area contributed by atoms with Gasteiger partial charge in [0.1, 0.15) is 5.84 Å². The second-order valence-electron chi connectivity index (χ2n) is 4.33. The molecule has 2 aromatic carbocycles. The van der Waals surface area contributed by atoms with Crippen LogP contribution in [0.15, 0.2) is 52.3 Å². The molecule has 3 N–H and O–H groups in total. The third-order valence-corrected chi connectivity index (χ3v) is 3.69. The fourth-order valence-electron chi connectivity index (χ4n) is 1.74. The van der Waals surface area contributed by atoms with Gasteiger partial charge in [0.05, 0.1) is 0 Å². The van der Waals surface area contributed by atoms with E-state index >= 15 is 0 Å². The maximum absolute atomic E-state index is 7.62. The topological polar surface area (TPSA) is 49.9 Å². The SMILES string of the molecule is Cc1cccc(Sc2cc(C)ccc2C(=N)N)c1. The number of nitrogen functional groups attached to an aromatic ring is 1. The maximum Gasteiger partial charge on any atom is 0.123 e. The lowest BCUT2D eigenvalue weighted by molar-refractivity contribution is 1.29. The highest BCUT2D eigenvalue weighted by Gasteiger charge is 2.07. The van der Waals surface area contributed by atoms with Gasteiger partial charge in [-0.25, -0.2) is 0 Å². The van der Waals surface area contributed by atoms with Gasteiger partial charge in [0.2, 0.25) is 0 Å². The molecule has 0 heterocycles. The van der Waals surface area contributed by atoms with Crippen molar-refractivity contribution in [3.63, 3.8) is 0 Å². The van der Waals surface area contributed by atoms with Crippen molar-refractivity contribution in [2.24, 2.45) is 5.73 Å². The molecule has 0 fully saturated rings. The Morgan fingerprint density at radius 3 is 2.44 bits per heavy atom. The summed E-state index contributed by atoms with van der Waals surface area (Å²) in [6.45, 7) is 4.12. The van der Waals surface area contributed by atoms with Crippen molar-refractivity contribution >= 4 is 17.6 Å². The minimum atomic E-state index is 0.116. The summed E-state index contributed by atoms with van der Waals surface area (Å²) < 4.78 is 0. The molecule has 0 aliphatic heterocycles. The molecule has 0 amide bonds. The molecule has 0 saturated heterocycles. The Balaban J connectivity index is 2.39. The van der Waals surface area contributed by atoms with Crippen molar-refractivity contribution < 1.29 is 0 Å². The van der Waals surface area contributed by atoms with Crippen molar-refractivity contribution in [1.29, 1.82) is 5.41 Å². The highest BCUT2D eigenvalue weighted by atomic mass is 32.2. The molecular weight excluding hydrogens is 240 g/mol. The van der Waals surface area contributed by atoms with Crippen LogP contribution in [0.25, 0.3) is 0 Å². The zero-order valence-electron chi connectivity index (χ0n) is 10.5. The van der Waals surface area contributed by atoms with Gasteiger partial charge in [-0.15, -0.1) is 0 Å². The Bertz CT molecular complexity index is 591.